The van der Waals surface area contributed by atoms with Crippen molar-refractivity contribution in [3.63, 3.8) is 0 Å². The maximum atomic E-state index is 13.0. The van der Waals surface area contributed by atoms with Gasteiger partial charge in [0.25, 0.3) is 0 Å². The number of nitrogens with zero attached hydrogens (tertiary/aromatic N) is 1. The van der Waals surface area contributed by atoms with Crippen LogP contribution in [0.3, 0.4) is 0 Å². The van der Waals surface area contributed by atoms with Crippen LogP contribution >= 0.6 is 0 Å². The van der Waals surface area contributed by atoms with Gasteiger partial charge in [-0.3, -0.25) is 4.90 Å². The zero-order valence-electron chi connectivity index (χ0n) is 12.3. The zero-order valence-corrected chi connectivity index (χ0v) is 13.2. The van der Waals surface area contributed by atoms with E-state index in [4.69, 9.17) is 4.74 Å². The lowest BCUT2D eigenvalue weighted by Crippen LogP contribution is -2.07. The number of methoxy groups -OCH3 is 1. The highest BCUT2D eigenvalue weighted by atomic mass is 32.2. The first kappa shape index (κ1) is 15.0. The molecule has 3 rings (SSSR count). The molecular formula is C16H16FNO3S. The van der Waals surface area contributed by atoms with Crippen molar-refractivity contribution in [1.29, 1.82) is 0 Å². The van der Waals surface area contributed by atoms with Crippen LogP contribution in [0, 0.1) is 5.82 Å². The minimum atomic E-state index is -3.75. The second-order valence-corrected chi connectivity index (χ2v) is 7.32. The van der Waals surface area contributed by atoms with Crippen LogP contribution in [0.25, 0.3) is 0 Å². The van der Waals surface area contributed by atoms with Gasteiger partial charge in [0.05, 0.1) is 12.0 Å². The highest BCUT2D eigenvalue weighted by Gasteiger charge is 2.26. The van der Waals surface area contributed by atoms with Crippen LogP contribution in [0.1, 0.15) is 11.1 Å². The molecule has 0 atom stereocenters. The number of sulfone groups is 1. The zero-order chi connectivity index (χ0) is 15.9. The smallest absolute Gasteiger partial charge is 0.210 e. The molecule has 22 heavy (non-hydrogen) atoms. The van der Waals surface area contributed by atoms with Gasteiger partial charge in [0, 0.05) is 13.1 Å². The summed E-state index contributed by atoms with van der Waals surface area (Å²) in [6, 6.07) is 8.25. The van der Waals surface area contributed by atoms with Crippen LogP contribution in [0.15, 0.2) is 46.2 Å². The van der Waals surface area contributed by atoms with Gasteiger partial charge in [-0.1, -0.05) is 0 Å². The average molecular weight is 321 g/mol. The maximum Gasteiger partial charge on any atom is 0.210 e. The van der Waals surface area contributed by atoms with E-state index in [1.54, 1.807) is 12.1 Å². The number of hydrogen-bond acceptors (Lipinski definition) is 4. The molecule has 4 nitrogen and oxygen atoms in total. The molecule has 0 fully saturated rings. The average Bonchev–Trinajstić information content (AvgIpc) is 2.85. The van der Waals surface area contributed by atoms with Gasteiger partial charge in [-0.05, 0) is 54.6 Å². The predicted octanol–water partition coefficient (Wildman–Crippen LogP) is 2.61. The molecule has 1 aliphatic rings. The quantitative estimate of drug-likeness (QED) is 0.815. The number of ether oxygens (including phenoxy) is 1. The molecule has 0 aromatic heterocycles. The molecule has 1 heterocycles. The highest BCUT2D eigenvalue weighted by Crippen LogP contribution is 2.35. The molecule has 0 saturated carbocycles. The van der Waals surface area contributed by atoms with Crippen molar-refractivity contribution >= 4 is 9.84 Å². The van der Waals surface area contributed by atoms with Crippen LogP contribution < -0.4 is 4.74 Å². The minimum Gasteiger partial charge on any atom is -0.495 e. The summed E-state index contributed by atoms with van der Waals surface area (Å²) in [4.78, 5) is 2.27. The van der Waals surface area contributed by atoms with Gasteiger partial charge < -0.3 is 4.74 Å². The SMILES string of the molecule is COc1cc2c(cc1S(=O)(=O)c1ccc(F)cc1)CN(C)C2. The van der Waals surface area contributed by atoms with Crippen molar-refractivity contribution in [1.82, 2.24) is 4.90 Å². The van der Waals surface area contributed by atoms with Crippen molar-refractivity contribution in [3.8, 4) is 5.75 Å². The molecule has 0 N–H and O–H groups in total. The van der Waals surface area contributed by atoms with E-state index in [9.17, 15) is 12.8 Å². The standard InChI is InChI=1S/C16H16FNO3S/c1-18-9-11-7-15(21-2)16(8-12(11)10-18)22(19,20)14-5-3-13(17)4-6-14/h3-8H,9-10H2,1-2H3. The maximum absolute atomic E-state index is 13.0. The third kappa shape index (κ3) is 2.48. The summed E-state index contributed by atoms with van der Waals surface area (Å²) >= 11 is 0. The number of rotatable bonds is 3. The normalized spacial score (nSPS) is 14.9. The van der Waals surface area contributed by atoms with E-state index in [1.165, 1.54) is 19.2 Å². The summed E-state index contributed by atoms with van der Waals surface area (Å²) in [5.74, 6) is -0.153. The van der Waals surface area contributed by atoms with Crippen LogP contribution in [0.4, 0.5) is 4.39 Å². The Labute approximate surface area is 129 Å². The minimum absolute atomic E-state index is 0.0542. The van der Waals surface area contributed by atoms with Crippen LogP contribution in [-0.2, 0) is 22.9 Å². The molecule has 6 heteroatoms. The molecule has 0 amide bonds. The molecule has 0 radical (unpaired) electrons. The first-order valence-electron chi connectivity index (χ1n) is 6.81. The van der Waals surface area contributed by atoms with Gasteiger partial charge in [-0.15, -0.1) is 0 Å². The topological polar surface area (TPSA) is 46.6 Å². The molecule has 0 spiro atoms. The van der Waals surface area contributed by atoms with E-state index in [0.717, 1.165) is 29.8 Å². The number of fused-ring (bicyclic) bond motifs is 1. The first-order valence-corrected chi connectivity index (χ1v) is 8.29. The van der Waals surface area contributed by atoms with Crippen LogP contribution in [0.5, 0.6) is 5.75 Å². The van der Waals surface area contributed by atoms with E-state index in [-0.39, 0.29) is 9.79 Å². The Morgan fingerprint density at radius 1 is 1.09 bits per heavy atom. The largest absolute Gasteiger partial charge is 0.495 e. The lowest BCUT2D eigenvalue weighted by atomic mass is 10.1. The summed E-state index contributed by atoms with van der Waals surface area (Å²) < 4.78 is 43.9. The second kappa shape index (κ2) is 5.37. The van der Waals surface area contributed by atoms with Crippen molar-refractivity contribution < 1.29 is 17.5 Å². The van der Waals surface area contributed by atoms with Crippen molar-refractivity contribution in [2.75, 3.05) is 14.2 Å². The predicted molar refractivity (Wildman–Crippen MR) is 80.0 cm³/mol. The lowest BCUT2D eigenvalue weighted by molar-refractivity contribution is 0.353. The number of halogens is 1. The van der Waals surface area contributed by atoms with Crippen LogP contribution in [0.2, 0.25) is 0 Å². The third-order valence-corrected chi connectivity index (χ3v) is 5.57. The second-order valence-electron chi connectivity index (χ2n) is 5.40. The molecule has 0 unspecified atom stereocenters. The van der Waals surface area contributed by atoms with E-state index in [0.29, 0.717) is 12.3 Å². The monoisotopic (exact) mass is 321 g/mol. The van der Waals surface area contributed by atoms with Crippen molar-refractivity contribution in [3.05, 3.63) is 53.3 Å². The van der Waals surface area contributed by atoms with E-state index in [1.807, 2.05) is 7.05 Å². The van der Waals surface area contributed by atoms with Crippen molar-refractivity contribution in [2.24, 2.45) is 0 Å². The summed E-state index contributed by atoms with van der Waals surface area (Å²) in [6.07, 6.45) is 0. The molecule has 2 aromatic carbocycles. The Bertz CT molecular complexity index is 816. The Morgan fingerprint density at radius 3 is 2.27 bits per heavy atom. The first-order chi connectivity index (χ1) is 10.4. The van der Waals surface area contributed by atoms with Crippen LogP contribution in [-0.4, -0.2) is 27.5 Å². The van der Waals surface area contributed by atoms with Gasteiger partial charge in [0.1, 0.15) is 16.5 Å². The van der Waals surface area contributed by atoms with E-state index >= 15 is 0 Å². The lowest BCUT2D eigenvalue weighted by Gasteiger charge is -2.12. The molecule has 0 bridgehead atoms. The van der Waals surface area contributed by atoms with Gasteiger partial charge in [-0.25, -0.2) is 12.8 Å². The van der Waals surface area contributed by atoms with E-state index < -0.39 is 15.7 Å². The molecule has 116 valence electrons. The molecule has 0 aliphatic carbocycles. The third-order valence-electron chi connectivity index (χ3n) is 3.78. The fourth-order valence-electron chi connectivity index (χ4n) is 2.69. The summed E-state index contributed by atoms with van der Waals surface area (Å²) in [5, 5.41) is 0. The molecular weight excluding hydrogens is 305 g/mol. The number of benzene rings is 2. The van der Waals surface area contributed by atoms with Gasteiger partial charge in [-0.2, -0.15) is 0 Å². The highest BCUT2D eigenvalue weighted by molar-refractivity contribution is 7.91. The molecule has 2 aromatic rings. The Balaban J connectivity index is 2.15. The molecule has 1 aliphatic heterocycles. The fraction of sp³-hybridized carbons (Fsp3) is 0.250. The van der Waals surface area contributed by atoms with E-state index in [2.05, 4.69) is 4.90 Å². The fourth-order valence-corrected chi connectivity index (χ4v) is 4.14. The van der Waals surface area contributed by atoms with Gasteiger partial charge >= 0.3 is 0 Å². The van der Waals surface area contributed by atoms with Gasteiger partial charge in [0.2, 0.25) is 9.84 Å². The van der Waals surface area contributed by atoms with Gasteiger partial charge in [0.15, 0.2) is 0 Å². The Hall–Kier alpha value is -1.92. The summed E-state index contributed by atoms with van der Waals surface area (Å²) in [5.41, 5.74) is 2.04. The Kier molecular flexibility index (Phi) is 3.66. The number of hydrogen-bond donors (Lipinski definition) is 0. The summed E-state index contributed by atoms with van der Waals surface area (Å²) in [6.45, 7) is 1.47. The summed E-state index contributed by atoms with van der Waals surface area (Å²) in [7, 11) is -0.326. The van der Waals surface area contributed by atoms with Crippen molar-refractivity contribution in [2.45, 2.75) is 22.9 Å². The Morgan fingerprint density at radius 2 is 1.68 bits per heavy atom. The molecule has 0 saturated heterocycles.